The number of nitro groups is 1. The Morgan fingerprint density at radius 2 is 1.62 bits per heavy atom. The molecule has 0 unspecified atom stereocenters. The molecule has 130 valence electrons. The van der Waals surface area contributed by atoms with Crippen molar-refractivity contribution in [2.24, 2.45) is 5.92 Å². The third-order valence-electron chi connectivity index (χ3n) is 5.45. The molecule has 24 heavy (non-hydrogen) atoms. The monoisotopic (exact) mass is 331 g/mol. The Kier molecular flexibility index (Phi) is 5.14. The lowest BCUT2D eigenvalue weighted by atomic mass is 9.88. The minimum absolute atomic E-state index is 0.133. The Morgan fingerprint density at radius 3 is 2.17 bits per heavy atom. The van der Waals surface area contributed by atoms with Gasteiger partial charge in [0.1, 0.15) is 0 Å². The molecule has 3 rings (SSSR count). The second kappa shape index (κ2) is 7.30. The maximum Gasteiger partial charge on any atom is 0.269 e. The summed E-state index contributed by atoms with van der Waals surface area (Å²) in [7, 11) is 2.11. The van der Waals surface area contributed by atoms with Crippen molar-refractivity contribution in [1.29, 1.82) is 0 Å². The van der Waals surface area contributed by atoms with Crippen molar-refractivity contribution in [3.05, 3.63) is 39.9 Å². The summed E-state index contributed by atoms with van der Waals surface area (Å²) < 4.78 is 0. The molecule has 1 aromatic carbocycles. The second-order valence-corrected chi connectivity index (χ2v) is 7.03. The number of likely N-dealkylation sites (tertiary alicyclic amines) is 2. The van der Waals surface area contributed by atoms with Crippen LogP contribution in [0.15, 0.2) is 24.3 Å². The Balaban J connectivity index is 1.53. The predicted molar refractivity (Wildman–Crippen MR) is 91.9 cm³/mol. The lowest BCUT2D eigenvalue weighted by molar-refractivity contribution is -0.384. The molecule has 0 bridgehead atoms. The van der Waals surface area contributed by atoms with Gasteiger partial charge in [0.25, 0.3) is 5.69 Å². The second-order valence-electron chi connectivity index (χ2n) is 7.03. The molecule has 6 nitrogen and oxygen atoms in total. The van der Waals surface area contributed by atoms with Crippen molar-refractivity contribution in [3.63, 3.8) is 0 Å². The maximum atomic E-state index is 12.7. The molecular formula is C18H25N3O3. The standard InChI is InChI=1S/C18H25N3O3/c1-19-10-6-16(7-11-19)18(22)20-12-8-15(9-13-20)14-2-4-17(5-3-14)21(23)24/h2-5,15-16H,6-13H2,1H3. The molecule has 1 amide bonds. The number of nitro benzene ring substituents is 1. The van der Waals surface area contributed by atoms with Gasteiger partial charge in [0.05, 0.1) is 4.92 Å². The van der Waals surface area contributed by atoms with Crippen LogP contribution in [0.25, 0.3) is 0 Å². The summed E-state index contributed by atoms with van der Waals surface area (Å²) in [6.07, 6.45) is 3.82. The molecule has 0 aromatic heterocycles. The first kappa shape index (κ1) is 16.9. The molecule has 2 aliphatic rings. The molecule has 1 aromatic rings. The predicted octanol–water partition coefficient (Wildman–Crippen LogP) is 2.64. The zero-order chi connectivity index (χ0) is 17.1. The van der Waals surface area contributed by atoms with E-state index in [9.17, 15) is 14.9 Å². The smallest absolute Gasteiger partial charge is 0.269 e. The van der Waals surface area contributed by atoms with E-state index in [1.807, 2.05) is 17.0 Å². The van der Waals surface area contributed by atoms with Crippen molar-refractivity contribution < 1.29 is 9.72 Å². The summed E-state index contributed by atoms with van der Waals surface area (Å²) in [5.41, 5.74) is 1.28. The third kappa shape index (κ3) is 3.75. The average Bonchev–Trinajstić information content (AvgIpc) is 2.62. The Bertz CT molecular complexity index is 586. The fraction of sp³-hybridized carbons (Fsp3) is 0.611. The summed E-state index contributed by atoms with van der Waals surface area (Å²) in [6.45, 7) is 3.62. The number of carbonyl (C=O) groups excluding carboxylic acids is 1. The number of carbonyl (C=O) groups is 1. The molecule has 6 heteroatoms. The minimum atomic E-state index is -0.368. The first-order valence-electron chi connectivity index (χ1n) is 8.76. The minimum Gasteiger partial charge on any atom is -0.342 e. The van der Waals surface area contributed by atoms with Crippen LogP contribution in [0.2, 0.25) is 0 Å². The first-order chi connectivity index (χ1) is 11.5. The van der Waals surface area contributed by atoms with Gasteiger partial charge in [-0.15, -0.1) is 0 Å². The fourth-order valence-electron chi connectivity index (χ4n) is 3.82. The van der Waals surface area contributed by atoms with Crippen LogP contribution < -0.4 is 0 Å². The summed E-state index contributed by atoms with van der Waals surface area (Å²) in [4.78, 5) is 27.3. The van der Waals surface area contributed by atoms with E-state index in [-0.39, 0.29) is 16.5 Å². The molecule has 2 saturated heterocycles. The Hall–Kier alpha value is -1.95. The van der Waals surface area contributed by atoms with Crippen molar-refractivity contribution in [1.82, 2.24) is 9.80 Å². The molecule has 0 saturated carbocycles. The van der Waals surface area contributed by atoms with Gasteiger partial charge in [-0.2, -0.15) is 0 Å². The molecule has 2 aliphatic heterocycles. The van der Waals surface area contributed by atoms with E-state index in [0.717, 1.165) is 57.4 Å². The largest absolute Gasteiger partial charge is 0.342 e. The zero-order valence-electron chi connectivity index (χ0n) is 14.2. The van der Waals surface area contributed by atoms with Gasteiger partial charge in [0.15, 0.2) is 0 Å². The van der Waals surface area contributed by atoms with Gasteiger partial charge in [-0.05, 0) is 57.3 Å². The number of nitrogens with zero attached hydrogens (tertiary/aromatic N) is 3. The van der Waals surface area contributed by atoms with Crippen LogP contribution >= 0.6 is 0 Å². The number of hydrogen-bond donors (Lipinski definition) is 0. The van der Waals surface area contributed by atoms with Gasteiger partial charge in [0, 0.05) is 31.1 Å². The van der Waals surface area contributed by atoms with E-state index >= 15 is 0 Å². The van der Waals surface area contributed by atoms with E-state index in [1.165, 1.54) is 0 Å². The highest BCUT2D eigenvalue weighted by Crippen LogP contribution is 2.30. The van der Waals surface area contributed by atoms with E-state index in [1.54, 1.807) is 12.1 Å². The number of hydrogen-bond acceptors (Lipinski definition) is 4. The number of non-ortho nitro benzene ring substituents is 1. The lowest BCUT2D eigenvalue weighted by Crippen LogP contribution is -2.44. The van der Waals surface area contributed by atoms with Gasteiger partial charge in [-0.25, -0.2) is 0 Å². The fourth-order valence-corrected chi connectivity index (χ4v) is 3.82. The van der Waals surface area contributed by atoms with E-state index in [2.05, 4.69) is 11.9 Å². The van der Waals surface area contributed by atoms with Crippen molar-refractivity contribution >= 4 is 11.6 Å². The number of piperidine rings is 2. The summed E-state index contributed by atoms with van der Waals surface area (Å²) in [5.74, 6) is 0.912. The van der Waals surface area contributed by atoms with E-state index in [0.29, 0.717) is 11.8 Å². The third-order valence-corrected chi connectivity index (χ3v) is 5.45. The summed E-state index contributed by atoms with van der Waals surface area (Å²) in [6, 6.07) is 6.87. The average molecular weight is 331 g/mol. The topological polar surface area (TPSA) is 66.7 Å². The van der Waals surface area contributed by atoms with Gasteiger partial charge in [-0.1, -0.05) is 12.1 Å². The van der Waals surface area contributed by atoms with Gasteiger partial charge < -0.3 is 9.80 Å². The van der Waals surface area contributed by atoms with Crippen molar-refractivity contribution in [2.75, 3.05) is 33.2 Å². The molecule has 2 heterocycles. The number of amides is 1. The quantitative estimate of drug-likeness (QED) is 0.631. The Morgan fingerprint density at radius 1 is 1.04 bits per heavy atom. The molecule has 0 aliphatic carbocycles. The zero-order valence-corrected chi connectivity index (χ0v) is 14.2. The molecular weight excluding hydrogens is 306 g/mol. The van der Waals surface area contributed by atoms with Crippen LogP contribution in [0.1, 0.15) is 37.2 Å². The highest BCUT2D eigenvalue weighted by atomic mass is 16.6. The van der Waals surface area contributed by atoms with Gasteiger partial charge >= 0.3 is 0 Å². The van der Waals surface area contributed by atoms with Crippen LogP contribution in [-0.4, -0.2) is 53.9 Å². The first-order valence-corrected chi connectivity index (χ1v) is 8.76. The van der Waals surface area contributed by atoms with E-state index < -0.39 is 0 Å². The number of benzene rings is 1. The van der Waals surface area contributed by atoms with Crippen LogP contribution in [-0.2, 0) is 4.79 Å². The molecule has 0 radical (unpaired) electrons. The highest BCUT2D eigenvalue weighted by molar-refractivity contribution is 5.79. The van der Waals surface area contributed by atoms with Gasteiger partial charge in [-0.3, -0.25) is 14.9 Å². The lowest BCUT2D eigenvalue weighted by Gasteiger charge is -2.36. The SMILES string of the molecule is CN1CCC(C(=O)N2CCC(c3ccc([N+](=O)[O-])cc3)CC2)CC1. The van der Waals surface area contributed by atoms with Crippen molar-refractivity contribution in [3.8, 4) is 0 Å². The highest BCUT2D eigenvalue weighted by Gasteiger charge is 2.30. The summed E-state index contributed by atoms with van der Waals surface area (Å²) in [5, 5.41) is 10.7. The van der Waals surface area contributed by atoms with Gasteiger partial charge in [0.2, 0.25) is 5.91 Å². The van der Waals surface area contributed by atoms with Crippen LogP contribution in [0.5, 0.6) is 0 Å². The maximum absolute atomic E-state index is 12.7. The summed E-state index contributed by atoms with van der Waals surface area (Å²) >= 11 is 0. The van der Waals surface area contributed by atoms with Crippen LogP contribution in [0, 0.1) is 16.0 Å². The van der Waals surface area contributed by atoms with Crippen LogP contribution in [0.4, 0.5) is 5.69 Å². The van der Waals surface area contributed by atoms with E-state index in [4.69, 9.17) is 0 Å². The van der Waals surface area contributed by atoms with Crippen LogP contribution in [0.3, 0.4) is 0 Å². The normalized spacial score (nSPS) is 21.0. The molecule has 0 atom stereocenters. The molecule has 0 spiro atoms. The molecule has 2 fully saturated rings. The van der Waals surface area contributed by atoms with Crippen molar-refractivity contribution in [2.45, 2.75) is 31.6 Å². The number of rotatable bonds is 3. The molecule has 0 N–H and O–H groups in total. The Labute approximate surface area is 142 Å².